The maximum absolute atomic E-state index is 13.6. The molecule has 1 fully saturated rings. The van der Waals surface area contributed by atoms with Crippen molar-refractivity contribution >= 4 is 18.0 Å². The number of Topliss-reactive ketones (excluding diaryl/α,β-unsaturated/α-hetero) is 1. The normalized spacial score (nSPS) is 26.4. The fraction of sp³-hybridized carbons (Fsp3) is 0.588. The number of carbonyl (C=O) groups excluding carboxylic acids is 1. The molecule has 0 radical (unpaired) electrons. The predicted molar refractivity (Wildman–Crippen MR) is 87.9 cm³/mol. The van der Waals surface area contributed by atoms with Gasteiger partial charge in [0, 0.05) is 12.3 Å². The maximum atomic E-state index is 13.6. The smallest absolute Gasteiger partial charge is 0.421 e. The molecule has 3 N–H and O–H groups in total. The van der Waals surface area contributed by atoms with E-state index in [-0.39, 0.29) is 13.0 Å². The van der Waals surface area contributed by atoms with Gasteiger partial charge in [0.2, 0.25) is 0 Å². The van der Waals surface area contributed by atoms with Crippen molar-refractivity contribution in [3.63, 3.8) is 0 Å². The Hall–Kier alpha value is -2.38. The molecule has 1 heterocycles. The van der Waals surface area contributed by atoms with E-state index in [2.05, 4.69) is 22.2 Å². The second-order valence-corrected chi connectivity index (χ2v) is 6.40. The van der Waals surface area contributed by atoms with Crippen molar-refractivity contribution in [1.29, 1.82) is 0 Å². The number of carboxylic acids is 1. The van der Waals surface area contributed by atoms with Crippen molar-refractivity contribution in [1.82, 2.24) is 5.32 Å². The molecule has 0 saturated heterocycles. The molecule has 0 aromatic heterocycles. The fourth-order valence-electron chi connectivity index (χ4n) is 2.78. The number of hydrogen-bond donors (Lipinski definition) is 3. The molecule has 0 aromatic carbocycles. The van der Waals surface area contributed by atoms with E-state index in [0.717, 1.165) is 6.21 Å². The average Bonchev–Trinajstić information content (AvgIpc) is 3.26. The first kappa shape index (κ1) is 20.9. The third kappa shape index (κ3) is 4.48. The van der Waals surface area contributed by atoms with E-state index in [4.69, 9.17) is 14.9 Å². The van der Waals surface area contributed by atoms with Crippen molar-refractivity contribution in [2.45, 2.75) is 44.6 Å². The van der Waals surface area contributed by atoms with Crippen molar-refractivity contribution < 1.29 is 37.7 Å². The summed E-state index contributed by atoms with van der Waals surface area (Å²) in [5, 5.41) is 20.2. The van der Waals surface area contributed by atoms with Crippen molar-refractivity contribution in [3.8, 4) is 11.8 Å². The van der Waals surface area contributed by atoms with Crippen LogP contribution in [-0.2, 0) is 14.3 Å². The lowest BCUT2D eigenvalue weighted by atomic mass is 9.93. The molecule has 2 rings (SSSR count). The SMILES string of the molecule is CC#C[C@@]12CC1N=CC(N[C@H](C)COCC(O)C(=O)O)=C(C(F)(F)F)C2=O. The number of fused-ring (bicyclic) bond motifs is 1. The van der Waals surface area contributed by atoms with Gasteiger partial charge in [-0.1, -0.05) is 5.92 Å². The van der Waals surface area contributed by atoms with Crippen LogP contribution in [0.2, 0.25) is 0 Å². The van der Waals surface area contributed by atoms with Crippen molar-refractivity contribution in [2.75, 3.05) is 13.2 Å². The Morgan fingerprint density at radius 3 is 2.74 bits per heavy atom. The minimum absolute atomic E-state index is 0.155. The zero-order valence-electron chi connectivity index (χ0n) is 14.6. The molecule has 4 atom stereocenters. The molecule has 7 nitrogen and oxygen atoms in total. The number of nitrogens with zero attached hydrogens (tertiary/aromatic N) is 1. The van der Waals surface area contributed by atoms with Gasteiger partial charge in [0.1, 0.15) is 11.0 Å². The van der Waals surface area contributed by atoms with Crippen LogP contribution in [0.5, 0.6) is 0 Å². The quantitative estimate of drug-likeness (QED) is 0.554. The summed E-state index contributed by atoms with van der Waals surface area (Å²) < 4.78 is 45.7. The molecule has 2 aliphatic rings. The lowest BCUT2D eigenvalue weighted by Crippen LogP contribution is -2.37. The zero-order valence-corrected chi connectivity index (χ0v) is 14.6. The van der Waals surface area contributed by atoms with Gasteiger partial charge >= 0.3 is 12.1 Å². The Morgan fingerprint density at radius 1 is 1.52 bits per heavy atom. The standard InChI is InChI=1S/C17H19F3N2O5/c1-3-4-16-5-12(16)21-6-10(13(14(16)24)17(18,19)20)22-9(2)7-27-8-11(23)15(25)26/h6,9,11-12,22-23H,5,7-8H2,1-2H3,(H,25,26)/t9-,11?,12?,16-/m1/s1. The number of ketones is 1. The first-order chi connectivity index (χ1) is 12.5. The largest absolute Gasteiger partial charge is 0.479 e. The topological polar surface area (TPSA) is 108 Å². The summed E-state index contributed by atoms with van der Waals surface area (Å²) in [6.07, 6.45) is -5.49. The summed E-state index contributed by atoms with van der Waals surface area (Å²) in [5.41, 5.74) is -3.25. The molecule has 1 saturated carbocycles. The molecular weight excluding hydrogens is 369 g/mol. The monoisotopic (exact) mass is 388 g/mol. The second kappa shape index (κ2) is 7.70. The number of carbonyl (C=O) groups is 2. The number of aliphatic imine (C=N–C) groups is 1. The fourth-order valence-corrected chi connectivity index (χ4v) is 2.78. The molecular formula is C17H19F3N2O5. The van der Waals surface area contributed by atoms with Gasteiger partial charge in [-0.25, -0.2) is 4.79 Å². The lowest BCUT2D eigenvalue weighted by molar-refractivity contribution is -0.150. The summed E-state index contributed by atoms with van der Waals surface area (Å²) in [5.74, 6) is 2.50. The van der Waals surface area contributed by atoms with Crippen LogP contribution in [0, 0.1) is 17.3 Å². The molecule has 148 valence electrons. The highest BCUT2D eigenvalue weighted by atomic mass is 19.4. The number of allylic oxidation sites excluding steroid dienone is 2. The van der Waals surface area contributed by atoms with Gasteiger partial charge in [0.15, 0.2) is 11.9 Å². The number of hydrogen-bond acceptors (Lipinski definition) is 6. The second-order valence-electron chi connectivity index (χ2n) is 6.40. The van der Waals surface area contributed by atoms with Gasteiger partial charge in [-0.3, -0.25) is 9.79 Å². The van der Waals surface area contributed by atoms with Gasteiger partial charge in [-0.15, -0.1) is 5.92 Å². The molecule has 1 aliphatic heterocycles. The van der Waals surface area contributed by atoms with Gasteiger partial charge in [0.25, 0.3) is 0 Å². The number of ether oxygens (including phenoxy) is 1. The van der Waals surface area contributed by atoms with Crippen LogP contribution in [0.25, 0.3) is 0 Å². The van der Waals surface area contributed by atoms with Crippen LogP contribution in [0.4, 0.5) is 13.2 Å². The summed E-state index contributed by atoms with van der Waals surface area (Å²) in [6, 6.07) is -1.31. The van der Waals surface area contributed by atoms with Gasteiger partial charge in [-0.05, 0) is 20.3 Å². The molecule has 0 spiro atoms. The van der Waals surface area contributed by atoms with Crippen molar-refractivity contribution in [2.24, 2.45) is 10.4 Å². The van der Waals surface area contributed by atoms with E-state index >= 15 is 0 Å². The number of aliphatic hydroxyl groups is 1. The third-order valence-electron chi connectivity index (χ3n) is 4.17. The lowest BCUT2D eigenvalue weighted by Gasteiger charge is -2.21. The molecule has 1 aliphatic carbocycles. The van der Waals surface area contributed by atoms with E-state index in [0.29, 0.717) is 0 Å². The minimum atomic E-state index is -4.90. The minimum Gasteiger partial charge on any atom is -0.479 e. The number of carboxylic acid groups (broad SMARTS) is 1. The van der Waals surface area contributed by atoms with E-state index in [9.17, 15) is 22.8 Å². The number of halogens is 3. The zero-order chi connectivity index (χ0) is 20.4. The number of aliphatic carboxylic acids is 1. The van der Waals surface area contributed by atoms with E-state index in [1.54, 1.807) is 0 Å². The first-order valence-corrected chi connectivity index (χ1v) is 8.11. The number of nitrogens with one attached hydrogen (secondary N) is 1. The molecule has 10 heteroatoms. The highest BCUT2D eigenvalue weighted by Gasteiger charge is 2.64. The van der Waals surface area contributed by atoms with Crippen LogP contribution in [0.1, 0.15) is 20.3 Å². The van der Waals surface area contributed by atoms with Gasteiger partial charge in [-0.2, -0.15) is 13.2 Å². The number of alkyl halides is 3. The summed E-state index contributed by atoms with van der Waals surface area (Å²) in [4.78, 5) is 27.1. The van der Waals surface area contributed by atoms with E-state index in [1.165, 1.54) is 13.8 Å². The van der Waals surface area contributed by atoms with Crippen LogP contribution in [0.15, 0.2) is 16.3 Å². The van der Waals surface area contributed by atoms with Crippen molar-refractivity contribution in [3.05, 3.63) is 11.3 Å². The Labute approximate surface area is 153 Å². The Kier molecular flexibility index (Phi) is 5.97. The predicted octanol–water partition coefficient (Wildman–Crippen LogP) is 0.678. The molecule has 27 heavy (non-hydrogen) atoms. The molecule has 0 bridgehead atoms. The van der Waals surface area contributed by atoms with Crippen LogP contribution >= 0.6 is 0 Å². The van der Waals surface area contributed by atoms with Crippen LogP contribution in [-0.4, -0.2) is 65.8 Å². The summed E-state index contributed by atoms with van der Waals surface area (Å²) >= 11 is 0. The van der Waals surface area contributed by atoms with Gasteiger partial charge in [0.05, 0.1) is 25.0 Å². The average molecular weight is 388 g/mol. The van der Waals surface area contributed by atoms with E-state index in [1.807, 2.05) is 0 Å². The molecule has 0 aromatic rings. The maximum Gasteiger partial charge on any atom is 0.421 e. The number of aliphatic hydroxyl groups excluding tert-OH is 1. The molecule has 2 unspecified atom stereocenters. The highest BCUT2D eigenvalue weighted by Crippen LogP contribution is 2.53. The Bertz CT molecular complexity index is 750. The third-order valence-corrected chi connectivity index (χ3v) is 4.17. The van der Waals surface area contributed by atoms with Crippen LogP contribution in [0.3, 0.4) is 0 Å². The van der Waals surface area contributed by atoms with Crippen LogP contribution < -0.4 is 5.32 Å². The number of rotatable bonds is 7. The summed E-state index contributed by atoms with van der Waals surface area (Å²) in [6.45, 7) is 2.23. The Balaban J connectivity index is 2.17. The van der Waals surface area contributed by atoms with E-state index < -0.39 is 59.4 Å². The summed E-state index contributed by atoms with van der Waals surface area (Å²) in [7, 11) is 0. The van der Waals surface area contributed by atoms with Gasteiger partial charge < -0.3 is 20.3 Å². The Morgan fingerprint density at radius 2 is 2.19 bits per heavy atom. The molecule has 0 amide bonds. The first-order valence-electron chi connectivity index (χ1n) is 8.11. The highest BCUT2D eigenvalue weighted by molar-refractivity contribution is 6.10.